The molecular formula is C7H7N7O. The molecule has 0 aliphatic heterocycles. The van der Waals surface area contributed by atoms with Crippen LogP contribution in [0.4, 0.5) is 0 Å². The van der Waals surface area contributed by atoms with Gasteiger partial charge in [0.1, 0.15) is 18.3 Å². The molecule has 2 aromatic rings. The zero-order valence-electron chi connectivity index (χ0n) is 7.52. The molecule has 2 aromatic heterocycles. The third kappa shape index (κ3) is 1.73. The fraction of sp³-hybridized carbons (Fsp3) is 0. The Morgan fingerprint density at radius 2 is 2.27 bits per heavy atom. The fourth-order valence-electron chi connectivity index (χ4n) is 0.967. The van der Waals surface area contributed by atoms with Crippen LogP contribution in [-0.4, -0.2) is 35.8 Å². The Morgan fingerprint density at radius 1 is 1.40 bits per heavy atom. The number of oxime groups is 1. The van der Waals surface area contributed by atoms with Gasteiger partial charge in [-0.1, -0.05) is 5.16 Å². The Labute approximate surface area is 84.1 Å². The summed E-state index contributed by atoms with van der Waals surface area (Å²) in [6.45, 7) is 0. The van der Waals surface area contributed by atoms with Crippen LogP contribution in [-0.2, 0) is 0 Å². The van der Waals surface area contributed by atoms with Gasteiger partial charge in [0.25, 0.3) is 0 Å². The molecule has 3 N–H and O–H groups in total. The van der Waals surface area contributed by atoms with Crippen LogP contribution in [0.2, 0.25) is 0 Å². The van der Waals surface area contributed by atoms with Gasteiger partial charge < -0.3 is 10.9 Å². The summed E-state index contributed by atoms with van der Waals surface area (Å²) in [5.41, 5.74) is 5.64. The molecule has 76 valence electrons. The Bertz CT molecular complexity index is 478. The molecule has 0 radical (unpaired) electrons. The van der Waals surface area contributed by atoms with Gasteiger partial charge in [-0.3, -0.25) is 4.98 Å². The second-order valence-corrected chi connectivity index (χ2v) is 2.59. The topological polar surface area (TPSA) is 115 Å². The molecule has 8 heteroatoms. The van der Waals surface area contributed by atoms with Gasteiger partial charge in [-0.2, -0.15) is 5.10 Å². The maximum atomic E-state index is 8.47. The first-order chi connectivity index (χ1) is 7.31. The third-order valence-corrected chi connectivity index (χ3v) is 1.65. The highest BCUT2D eigenvalue weighted by Gasteiger charge is 2.04. The number of aromatic nitrogens is 5. The largest absolute Gasteiger partial charge is 0.409 e. The maximum Gasteiger partial charge on any atom is 0.190 e. The highest BCUT2D eigenvalue weighted by molar-refractivity contribution is 5.94. The summed E-state index contributed by atoms with van der Waals surface area (Å²) in [4.78, 5) is 11.7. The van der Waals surface area contributed by atoms with Crippen molar-refractivity contribution in [2.45, 2.75) is 0 Å². The Kier molecular flexibility index (Phi) is 2.23. The van der Waals surface area contributed by atoms with E-state index >= 15 is 0 Å². The first-order valence-corrected chi connectivity index (χ1v) is 3.96. The van der Waals surface area contributed by atoms with Crippen molar-refractivity contribution in [3.05, 3.63) is 30.7 Å². The second kappa shape index (κ2) is 3.70. The molecule has 0 saturated carbocycles. The maximum absolute atomic E-state index is 8.47. The SMILES string of the molecule is N/C(=N/O)c1cncc(-n2cncn2)n1. The molecule has 15 heavy (non-hydrogen) atoms. The van der Waals surface area contributed by atoms with Crippen LogP contribution < -0.4 is 5.73 Å². The van der Waals surface area contributed by atoms with Gasteiger partial charge in [0.15, 0.2) is 11.7 Å². The van der Waals surface area contributed by atoms with Gasteiger partial charge >= 0.3 is 0 Å². The van der Waals surface area contributed by atoms with Crippen molar-refractivity contribution in [3.63, 3.8) is 0 Å². The van der Waals surface area contributed by atoms with E-state index in [0.29, 0.717) is 5.82 Å². The second-order valence-electron chi connectivity index (χ2n) is 2.59. The summed E-state index contributed by atoms with van der Waals surface area (Å²) in [6.07, 6.45) is 5.72. The molecule has 2 heterocycles. The monoisotopic (exact) mass is 205 g/mol. The predicted octanol–water partition coefficient (Wildman–Crippen LogP) is -0.848. The molecule has 0 aliphatic carbocycles. The number of amidine groups is 1. The number of nitrogens with two attached hydrogens (primary N) is 1. The number of hydrogen-bond acceptors (Lipinski definition) is 6. The number of nitrogens with zero attached hydrogens (tertiary/aromatic N) is 6. The summed E-state index contributed by atoms with van der Waals surface area (Å²) < 4.78 is 1.42. The molecule has 2 rings (SSSR count). The lowest BCUT2D eigenvalue weighted by Gasteiger charge is -2.00. The van der Waals surface area contributed by atoms with Gasteiger partial charge in [0.2, 0.25) is 0 Å². The molecule has 0 spiro atoms. The average molecular weight is 205 g/mol. The van der Waals surface area contributed by atoms with E-state index in [4.69, 9.17) is 10.9 Å². The van der Waals surface area contributed by atoms with Crippen LogP contribution in [0.5, 0.6) is 0 Å². The van der Waals surface area contributed by atoms with Crippen LogP contribution in [0.25, 0.3) is 5.82 Å². The molecule has 0 aliphatic rings. The standard InChI is InChI=1S/C7H7N7O/c8-7(13-15)5-1-9-2-6(12-5)14-4-10-3-11-14/h1-4,15H,(H2,8,13). The minimum Gasteiger partial charge on any atom is -0.409 e. The molecule has 0 bridgehead atoms. The fourth-order valence-corrected chi connectivity index (χ4v) is 0.967. The van der Waals surface area contributed by atoms with Crippen molar-refractivity contribution in [1.29, 1.82) is 0 Å². The van der Waals surface area contributed by atoms with E-state index in [9.17, 15) is 0 Å². The molecule has 0 fully saturated rings. The number of hydrogen-bond donors (Lipinski definition) is 2. The van der Waals surface area contributed by atoms with E-state index in [0.717, 1.165) is 0 Å². The van der Waals surface area contributed by atoms with Crippen molar-refractivity contribution < 1.29 is 5.21 Å². The summed E-state index contributed by atoms with van der Waals surface area (Å²) in [5.74, 6) is 0.334. The van der Waals surface area contributed by atoms with E-state index in [1.54, 1.807) is 0 Å². The van der Waals surface area contributed by atoms with Gasteiger partial charge in [-0.15, -0.1) is 0 Å². The average Bonchev–Trinajstić information content (AvgIpc) is 2.82. The normalized spacial score (nSPS) is 11.6. The van der Waals surface area contributed by atoms with Gasteiger partial charge in [0, 0.05) is 0 Å². The van der Waals surface area contributed by atoms with Crippen molar-refractivity contribution in [2.24, 2.45) is 10.9 Å². The molecule has 0 unspecified atom stereocenters. The molecule has 0 atom stereocenters. The van der Waals surface area contributed by atoms with Gasteiger partial charge in [-0.05, 0) is 0 Å². The summed E-state index contributed by atoms with van der Waals surface area (Å²) in [7, 11) is 0. The lowest BCUT2D eigenvalue weighted by Crippen LogP contribution is -2.16. The van der Waals surface area contributed by atoms with Crippen molar-refractivity contribution in [3.8, 4) is 5.82 Å². The summed E-state index contributed by atoms with van der Waals surface area (Å²) in [5, 5.41) is 15.2. The van der Waals surface area contributed by atoms with Crippen LogP contribution in [0.1, 0.15) is 5.69 Å². The minimum absolute atomic E-state index is 0.107. The molecule has 0 amide bonds. The zero-order chi connectivity index (χ0) is 10.7. The Morgan fingerprint density at radius 3 is 2.93 bits per heavy atom. The highest BCUT2D eigenvalue weighted by atomic mass is 16.4. The highest BCUT2D eigenvalue weighted by Crippen LogP contribution is 2.00. The van der Waals surface area contributed by atoms with Crippen LogP contribution in [0.3, 0.4) is 0 Å². The van der Waals surface area contributed by atoms with E-state index < -0.39 is 0 Å². The molecule has 0 saturated heterocycles. The van der Waals surface area contributed by atoms with Crippen molar-refractivity contribution in [2.75, 3.05) is 0 Å². The van der Waals surface area contributed by atoms with E-state index in [-0.39, 0.29) is 11.5 Å². The summed E-state index contributed by atoms with van der Waals surface area (Å²) in [6, 6.07) is 0. The smallest absolute Gasteiger partial charge is 0.190 e. The Hall–Kier alpha value is -2.51. The van der Waals surface area contributed by atoms with Crippen LogP contribution >= 0.6 is 0 Å². The van der Waals surface area contributed by atoms with Crippen molar-refractivity contribution >= 4 is 5.84 Å². The lowest BCUT2D eigenvalue weighted by molar-refractivity contribution is 0.318. The zero-order valence-corrected chi connectivity index (χ0v) is 7.52. The van der Waals surface area contributed by atoms with Crippen molar-refractivity contribution in [1.82, 2.24) is 24.7 Å². The predicted molar refractivity (Wildman–Crippen MR) is 49.5 cm³/mol. The molecular weight excluding hydrogens is 198 g/mol. The number of rotatable bonds is 2. The van der Waals surface area contributed by atoms with Crippen LogP contribution in [0.15, 0.2) is 30.2 Å². The third-order valence-electron chi connectivity index (χ3n) is 1.65. The minimum atomic E-state index is -0.107. The van der Waals surface area contributed by atoms with E-state index in [1.807, 2.05) is 0 Å². The summed E-state index contributed by atoms with van der Waals surface area (Å²) >= 11 is 0. The van der Waals surface area contributed by atoms with Crippen LogP contribution in [0, 0.1) is 0 Å². The lowest BCUT2D eigenvalue weighted by atomic mass is 10.4. The first-order valence-electron chi connectivity index (χ1n) is 3.96. The first kappa shape index (κ1) is 9.06. The van der Waals surface area contributed by atoms with Gasteiger partial charge in [-0.25, -0.2) is 14.6 Å². The quantitative estimate of drug-likeness (QED) is 0.285. The van der Waals surface area contributed by atoms with Gasteiger partial charge in [0.05, 0.1) is 12.4 Å². The molecule has 0 aromatic carbocycles. The van der Waals surface area contributed by atoms with E-state index in [1.165, 1.54) is 29.7 Å². The molecule has 8 nitrogen and oxygen atoms in total. The van der Waals surface area contributed by atoms with E-state index in [2.05, 4.69) is 25.2 Å². The Balaban J connectivity index is 2.44.